The monoisotopic (exact) mass is 278 g/mol. The van der Waals surface area contributed by atoms with Crippen molar-refractivity contribution in [1.29, 1.82) is 0 Å². The summed E-state index contributed by atoms with van der Waals surface area (Å²) in [6.07, 6.45) is 5.57. The SMILES string of the molecule is Cc1nc2cnc(-c3cn(C)c4ccccc34)cn2c1O. The molecule has 4 aromatic rings. The van der Waals surface area contributed by atoms with E-state index < -0.39 is 0 Å². The summed E-state index contributed by atoms with van der Waals surface area (Å²) in [6.45, 7) is 1.78. The molecule has 5 nitrogen and oxygen atoms in total. The third-order valence-electron chi connectivity index (χ3n) is 3.82. The van der Waals surface area contributed by atoms with Crippen molar-refractivity contribution in [2.45, 2.75) is 6.92 Å². The lowest BCUT2D eigenvalue weighted by molar-refractivity contribution is 0.444. The molecule has 1 N–H and O–H groups in total. The van der Waals surface area contributed by atoms with E-state index in [1.54, 1.807) is 17.5 Å². The number of nitrogens with zero attached hydrogens (tertiary/aromatic N) is 4. The molecule has 4 rings (SSSR count). The molecule has 0 saturated heterocycles. The van der Waals surface area contributed by atoms with Crippen LogP contribution in [0.3, 0.4) is 0 Å². The Morgan fingerprint density at radius 3 is 2.81 bits per heavy atom. The standard InChI is InChI=1S/C16H14N4O/c1-10-16(21)20-9-13(17-7-15(20)18-10)12-8-19(2)14-6-4-3-5-11(12)14/h3-9,21H,1-2H3. The highest BCUT2D eigenvalue weighted by Gasteiger charge is 2.12. The van der Waals surface area contributed by atoms with Crippen LogP contribution in [0.15, 0.2) is 42.9 Å². The summed E-state index contributed by atoms with van der Waals surface area (Å²) < 4.78 is 3.75. The van der Waals surface area contributed by atoms with Gasteiger partial charge in [-0.3, -0.25) is 9.38 Å². The summed E-state index contributed by atoms with van der Waals surface area (Å²) in [5, 5.41) is 11.2. The van der Waals surface area contributed by atoms with Crippen LogP contribution in [0.25, 0.3) is 27.8 Å². The average Bonchev–Trinajstić information content (AvgIpc) is 2.98. The van der Waals surface area contributed by atoms with E-state index >= 15 is 0 Å². The maximum absolute atomic E-state index is 10.1. The Hall–Kier alpha value is -2.82. The first-order valence-corrected chi connectivity index (χ1v) is 6.73. The van der Waals surface area contributed by atoms with Gasteiger partial charge in [0, 0.05) is 35.9 Å². The van der Waals surface area contributed by atoms with E-state index in [0.717, 1.165) is 22.2 Å². The number of aromatic hydroxyl groups is 1. The van der Waals surface area contributed by atoms with Crippen molar-refractivity contribution in [2.24, 2.45) is 7.05 Å². The smallest absolute Gasteiger partial charge is 0.219 e. The summed E-state index contributed by atoms with van der Waals surface area (Å²) in [7, 11) is 2.02. The Bertz CT molecular complexity index is 981. The molecule has 0 spiro atoms. The van der Waals surface area contributed by atoms with Crippen LogP contribution in [-0.4, -0.2) is 24.0 Å². The van der Waals surface area contributed by atoms with Gasteiger partial charge in [-0.1, -0.05) is 18.2 Å². The summed E-state index contributed by atoms with van der Waals surface area (Å²) in [5.41, 5.74) is 4.26. The molecule has 104 valence electrons. The number of aromatic nitrogens is 4. The minimum atomic E-state index is 0.161. The lowest BCUT2D eigenvalue weighted by atomic mass is 10.1. The molecule has 5 heteroatoms. The zero-order valence-electron chi connectivity index (χ0n) is 11.8. The van der Waals surface area contributed by atoms with Gasteiger partial charge >= 0.3 is 0 Å². The van der Waals surface area contributed by atoms with Gasteiger partial charge in [-0.15, -0.1) is 0 Å². The summed E-state index contributed by atoms with van der Waals surface area (Å²) >= 11 is 0. The Labute approximate surface area is 121 Å². The molecule has 0 amide bonds. The molecule has 0 aliphatic carbocycles. The molecule has 0 saturated carbocycles. The Kier molecular flexibility index (Phi) is 2.33. The van der Waals surface area contributed by atoms with Crippen molar-refractivity contribution in [1.82, 2.24) is 18.9 Å². The highest BCUT2D eigenvalue weighted by atomic mass is 16.3. The molecule has 0 fully saturated rings. The second-order valence-electron chi connectivity index (χ2n) is 5.19. The fourth-order valence-corrected chi connectivity index (χ4v) is 2.74. The Balaban J connectivity index is 2.02. The van der Waals surface area contributed by atoms with Crippen LogP contribution in [0, 0.1) is 6.92 Å². The fourth-order valence-electron chi connectivity index (χ4n) is 2.74. The van der Waals surface area contributed by atoms with Crippen LogP contribution in [0.5, 0.6) is 5.88 Å². The van der Waals surface area contributed by atoms with Crippen LogP contribution in [-0.2, 0) is 7.05 Å². The molecular weight excluding hydrogens is 264 g/mol. The van der Waals surface area contributed by atoms with Gasteiger partial charge < -0.3 is 9.67 Å². The van der Waals surface area contributed by atoms with E-state index in [0.29, 0.717) is 11.3 Å². The van der Waals surface area contributed by atoms with Gasteiger partial charge in [-0.2, -0.15) is 0 Å². The first kappa shape index (κ1) is 12.0. The van der Waals surface area contributed by atoms with E-state index in [1.807, 2.05) is 25.4 Å². The van der Waals surface area contributed by atoms with Gasteiger partial charge in [0.25, 0.3) is 0 Å². The van der Waals surface area contributed by atoms with Gasteiger partial charge in [0.15, 0.2) is 5.65 Å². The van der Waals surface area contributed by atoms with E-state index in [1.165, 1.54) is 0 Å². The molecule has 0 unspecified atom stereocenters. The quantitative estimate of drug-likeness (QED) is 0.582. The zero-order valence-corrected chi connectivity index (χ0v) is 11.8. The van der Waals surface area contributed by atoms with Gasteiger partial charge in [0.1, 0.15) is 5.69 Å². The van der Waals surface area contributed by atoms with Crippen molar-refractivity contribution in [3.05, 3.63) is 48.5 Å². The van der Waals surface area contributed by atoms with Crippen LogP contribution in [0.1, 0.15) is 5.69 Å². The van der Waals surface area contributed by atoms with Crippen LogP contribution < -0.4 is 0 Å². The first-order chi connectivity index (χ1) is 10.1. The van der Waals surface area contributed by atoms with Gasteiger partial charge in [-0.05, 0) is 13.0 Å². The normalized spacial score (nSPS) is 11.5. The molecule has 21 heavy (non-hydrogen) atoms. The van der Waals surface area contributed by atoms with Crippen molar-refractivity contribution < 1.29 is 5.11 Å². The second-order valence-corrected chi connectivity index (χ2v) is 5.19. The molecule has 3 aromatic heterocycles. The number of hydrogen-bond donors (Lipinski definition) is 1. The third-order valence-corrected chi connectivity index (χ3v) is 3.82. The molecular formula is C16H14N4O. The number of para-hydroxylation sites is 1. The summed E-state index contributed by atoms with van der Waals surface area (Å²) in [5.74, 6) is 0.161. The second kappa shape index (κ2) is 4.09. The maximum atomic E-state index is 10.1. The van der Waals surface area contributed by atoms with Crippen LogP contribution in [0.4, 0.5) is 0 Å². The molecule has 0 aliphatic rings. The van der Waals surface area contributed by atoms with Crippen LogP contribution in [0.2, 0.25) is 0 Å². The minimum absolute atomic E-state index is 0.161. The van der Waals surface area contributed by atoms with Gasteiger partial charge in [0.05, 0.1) is 11.9 Å². The summed E-state index contributed by atoms with van der Waals surface area (Å²) in [6, 6.07) is 8.20. The minimum Gasteiger partial charge on any atom is -0.493 e. The molecule has 0 atom stereocenters. The van der Waals surface area contributed by atoms with E-state index in [-0.39, 0.29) is 5.88 Å². The van der Waals surface area contributed by atoms with Crippen molar-refractivity contribution >= 4 is 16.6 Å². The predicted octanol–water partition coefficient (Wildman–Crippen LogP) is 2.90. The lowest BCUT2D eigenvalue weighted by Crippen LogP contribution is -1.90. The number of imidazole rings is 1. The number of benzene rings is 1. The highest BCUT2D eigenvalue weighted by molar-refractivity contribution is 5.95. The molecule has 0 bridgehead atoms. The van der Waals surface area contributed by atoms with E-state index in [2.05, 4.69) is 32.9 Å². The van der Waals surface area contributed by atoms with Gasteiger partial charge in [0.2, 0.25) is 5.88 Å². The Morgan fingerprint density at radius 2 is 1.95 bits per heavy atom. The maximum Gasteiger partial charge on any atom is 0.219 e. The van der Waals surface area contributed by atoms with E-state index in [4.69, 9.17) is 0 Å². The lowest BCUT2D eigenvalue weighted by Gasteiger charge is -2.01. The van der Waals surface area contributed by atoms with Crippen molar-refractivity contribution in [2.75, 3.05) is 0 Å². The fraction of sp³-hybridized carbons (Fsp3) is 0.125. The molecule has 3 heterocycles. The average molecular weight is 278 g/mol. The first-order valence-electron chi connectivity index (χ1n) is 6.73. The zero-order chi connectivity index (χ0) is 14.6. The molecule has 1 aromatic carbocycles. The van der Waals surface area contributed by atoms with Crippen molar-refractivity contribution in [3.63, 3.8) is 0 Å². The molecule has 0 aliphatic heterocycles. The van der Waals surface area contributed by atoms with Crippen molar-refractivity contribution in [3.8, 4) is 17.1 Å². The largest absolute Gasteiger partial charge is 0.493 e. The topological polar surface area (TPSA) is 55.4 Å². The number of hydrogen-bond acceptors (Lipinski definition) is 3. The number of aryl methyl sites for hydroxylation is 2. The van der Waals surface area contributed by atoms with E-state index in [9.17, 15) is 5.11 Å². The van der Waals surface area contributed by atoms with Crippen LogP contribution >= 0.6 is 0 Å². The highest BCUT2D eigenvalue weighted by Crippen LogP contribution is 2.29. The summed E-state index contributed by atoms with van der Waals surface area (Å²) in [4.78, 5) is 8.75. The number of fused-ring (bicyclic) bond motifs is 2. The Morgan fingerprint density at radius 1 is 1.14 bits per heavy atom. The predicted molar refractivity (Wildman–Crippen MR) is 81.3 cm³/mol. The molecule has 0 radical (unpaired) electrons. The number of rotatable bonds is 1. The third kappa shape index (κ3) is 1.64. The van der Waals surface area contributed by atoms with Gasteiger partial charge in [-0.25, -0.2) is 4.98 Å².